The van der Waals surface area contributed by atoms with E-state index < -0.39 is 0 Å². The van der Waals surface area contributed by atoms with Crippen LogP contribution in [-0.2, 0) is 0 Å². The van der Waals surface area contributed by atoms with Gasteiger partial charge in [-0.05, 0) is 0 Å². The van der Waals surface area contributed by atoms with Crippen molar-refractivity contribution in [2.24, 2.45) is 5.84 Å². The summed E-state index contributed by atoms with van der Waals surface area (Å²) in [5.74, 6) is 6.19. The van der Waals surface area contributed by atoms with Crippen LogP contribution in [0.25, 0.3) is 5.95 Å². The highest BCUT2D eigenvalue weighted by molar-refractivity contribution is 5.36. The number of nitrogens with one attached hydrogen (secondary N) is 2. The first-order valence-corrected chi connectivity index (χ1v) is 4.09. The minimum atomic E-state index is 0.250. The Balaban J connectivity index is 2.47. The predicted octanol–water partition coefficient (Wildman–Crippen LogP) is -1.22. The van der Waals surface area contributed by atoms with Gasteiger partial charge in [-0.25, -0.2) is 10.8 Å². The van der Waals surface area contributed by atoms with Crippen molar-refractivity contribution in [3.8, 4) is 5.95 Å². The predicted molar refractivity (Wildman–Crippen MR) is 52.1 cm³/mol. The molecule has 0 saturated heterocycles. The van der Waals surface area contributed by atoms with Crippen molar-refractivity contribution in [3.05, 3.63) is 12.7 Å². The van der Waals surface area contributed by atoms with E-state index in [4.69, 9.17) is 5.84 Å². The molecule has 2 heterocycles. The molecule has 9 nitrogen and oxygen atoms in total. The maximum atomic E-state index is 5.22. The maximum absolute atomic E-state index is 5.22. The zero-order valence-electron chi connectivity index (χ0n) is 7.92. The lowest BCUT2D eigenvalue weighted by molar-refractivity contribution is 0.796. The molecule has 15 heavy (non-hydrogen) atoms. The van der Waals surface area contributed by atoms with Crippen LogP contribution in [0.2, 0.25) is 0 Å². The fraction of sp³-hybridized carbons (Fsp3) is 0.167. The minimum absolute atomic E-state index is 0.250. The van der Waals surface area contributed by atoms with Gasteiger partial charge < -0.3 is 5.32 Å². The van der Waals surface area contributed by atoms with Gasteiger partial charge in [0.05, 0.1) is 0 Å². The summed E-state index contributed by atoms with van der Waals surface area (Å²) >= 11 is 0. The molecule has 9 heteroatoms. The van der Waals surface area contributed by atoms with E-state index in [1.54, 1.807) is 7.05 Å². The van der Waals surface area contributed by atoms with E-state index in [9.17, 15) is 0 Å². The fourth-order valence-corrected chi connectivity index (χ4v) is 0.955. The maximum Gasteiger partial charge on any atom is 0.258 e. The quantitative estimate of drug-likeness (QED) is 0.423. The normalized spacial score (nSPS) is 10.0. The van der Waals surface area contributed by atoms with Crippen LogP contribution in [-0.4, -0.2) is 36.8 Å². The monoisotopic (exact) mass is 207 g/mol. The van der Waals surface area contributed by atoms with Crippen molar-refractivity contribution in [2.75, 3.05) is 17.8 Å². The van der Waals surface area contributed by atoms with Gasteiger partial charge >= 0.3 is 0 Å². The number of hydrogen-bond acceptors (Lipinski definition) is 8. The van der Waals surface area contributed by atoms with E-state index in [1.165, 1.54) is 17.3 Å². The lowest BCUT2D eigenvalue weighted by Crippen LogP contribution is -2.15. The SMILES string of the molecule is CNc1nc(NN)nc(-n2cncn2)n1. The van der Waals surface area contributed by atoms with Crippen LogP contribution in [0.1, 0.15) is 0 Å². The molecule has 0 atom stereocenters. The van der Waals surface area contributed by atoms with E-state index in [1.807, 2.05) is 0 Å². The Morgan fingerprint density at radius 1 is 1.27 bits per heavy atom. The molecule has 0 spiro atoms. The molecular weight excluding hydrogens is 198 g/mol. The first-order valence-electron chi connectivity index (χ1n) is 4.09. The van der Waals surface area contributed by atoms with Gasteiger partial charge in [-0.15, -0.1) is 0 Å². The lowest BCUT2D eigenvalue weighted by Gasteiger charge is -2.04. The largest absolute Gasteiger partial charge is 0.357 e. The number of nitrogens with zero attached hydrogens (tertiary/aromatic N) is 6. The lowest BCUT2D eigenvalue weighted by atomic mass is 10.8. The van der Waals surface area contributed by atoms with E-state index >= 15 is 0 Å². The molecule has 0 aromatic carbocycles. The van der Waals surface area contributed by atoms with Gasteiger partial charge in [0.15, 0.2) is 0 Å². The van der Waals surface area contributed by atoms with Gasteiger partial charge in [-0.2, -0.15) is 24.7 Å². The van der Waals surface area contributed by atoms with Crippen LogP contribution in [0, 0.1) is 0 Å². The summed E-state index contributed by atoms with van der Waals surface area (Å²) in [4.78, 5) is 15.8. The first kappa shape index (κ1) is 9.27. The second kappa shape index (κ2) is 3.84. The summed E-state index contributed by atoms with van der Waals surface area (Å²) in [6, 6.07) is 0. The number of aromatic nitrogens is 6. The number of hydrazine groups is 1. The Bertz CT molecular complexity index is 414. The summed E-state index contributed by atoms with van der Waals surface area (Å²) in [7, 11) is 1.70. The summed E-state index contributed by atoms with van der Waals surface area (Å²) < 4.78 is 1.41. The molecule has 2 aromatic rings. The van der Waals surface area contributed by atoms with Crippen LogP contribution < -0.4 is 16.6 Å². The van der Waals surface area contributed by atoms with Gasteiger partial charge in [0.1, 0.15) is 12.7 Å². The molecule has 0 amide bonds. The second-order valence-corrected chi connectivity index (χ2v) is 2.52. The van der Waals surface area contributed by atoms with Gasteiger partial charge in [-0.1, -0.05) is 0 Å². The van der Waals surface area contributed by atoms with Crippen molar-refractivity contribution >= 4 is 11.9 Å². The van der Waals surface area contributed by atoms with Crippen LogP contribution in [0.3, 0.4) is 0 Å². The van der Waals surface area contributed by atoms with E-state index in [2.05, 4.69) is 35.8 Å². The third kappa shape index (κ3) is 1.81. The number of hydrogen-bond donors (Lipinski definition) is 3. The Kier molecular flexibility index (Phi) is 2.37. The average molecular weight is 207 g/mol. The highest BCUT2D eigenvalue weighted by Gasteiger charge is 2.06. The Morgan fingerprint density at radius 2 is 2.07 bits per heavy atom. The van der Waals surface area contributed by atoms with Gasteiger partial charge in [0, 0.05) is 7.05 Å². The highest BCUT2D eigenvalue weighted by Crippen LogP contribution is 2.06. The minimum Gasteiger partial charge on any atom is -0.357 e. The molecule has 0 radical (unpaired) electrons. The molecule has 0 aliphatic carbocycles. The molecule has 0 aliphatic heterocycles. The van der Waals surface area contributed by atoms with Crippen molar-refractivity contribution in [2.45, 2.75) is 0 Å². The summed E-state index contributed by atoms with van der Waals surface area (Å²) in [5.41, 5.74) is 2.34. The standard InChI is InChI=1S/C6H9N9/c1-8-4-11-5(14-7)13-6(12-4)15-3-9-2-10-15/h2-3H,7H2,1H3,(H2,8,11,12,13,14). The number of nitrogen functional groups attached to an aromatic ring is 1. The van der Waals surface area contributed by atoms with Crippen LogP contribution in [0.15, 0.2) is 12.7 Å². The third-order valence-electron chi connectivity index (χ3n) is 1.60. The topological polar surface area (TPSA) is 119 Å². The number of rotatable bonds is 3. The molecule has 2 rings (SSSR count). The smallest absolute Gasteiger partial charge is 0.258 e. The Labute approximate surface area is 84.7 Å². The van der Waals surface area contributed by atoms with Gasteiger partial charge in [0.2, 0.25) is 11.9 Å². The molecule has 0 saturated carbocycles. The molecule has 2 aromatic heterocycles. The van der Waals surface area contributed by atoms with Crippen molar-refractivity contribution in [1.82, 2.24) is 29.7 Å². The number of anilines is 2. The number of nitrogens with two attached hydrogens (primary N) is 1. The van der Waals surface area contributed by atoms with Crippen LogP contribution in [0.5, 0.6) is 0 Å². The highest BCUT2D eigenvalue weighted by atomic mass is 15.4. The molecule has 0 fully saturated rings. The van der Waals surface area contributed by atoms with Gasteiger partial charge in [0.25, 0.3) is 5.95 Å². The molecular formula is C6H9N9. The van der Waals surface area contributed by atoms with Gasteiger partial charge in [-0.3, -0.25) is 5.43 Å². The Morgan fingerprint density at radius 3 is 2.67 bits per heavy atom. The molecule has 4 N–H and O–H groups in total. The van der Waals surface area contributed by atoms with Crippen molar-refractivity contribution in [1.29, 1.82) is 0 Å². The zero-order chi connectivity index (χ0) is 10.7. The second-order valence-electron chi connectivity index (χ2n) is 2.52. The zero-order valence-corrected chi connectivity index (χ0v) is 7.92. The van der Waals surface area contributed by atoms with Crippen LogP contribution in [0.4, 0.5) is 11.9 Å². The van der Waals surface area contributed by atoms with Crippen molar-refractivity contribution < 1.29 is 0 Å². The molecule has 0 aliphatic rings. The average Bonchev–Trinajstić information content (AvgIpc) is 2.81. The molecule has 0 unspecified atom stereocenters. The van der Waals surface area contributed by atoms with E-state index in [-0.39, 0.29) is 5.95 Å². The summed E-state index contributed by atoms with van der Waals surface area (Å²) in [6.45, 7) is 0. The molecule has 0 bridgehead atoms. The fourth-order valence-electron chi connectivity index (χ4n) is 0.955. The first-order chi connectivity index (χ1) is 7.33. The van der Waals surface area contributed by atoms with Crippen LogP contribution >= 0.6 is 0 Å². The summed E-state index contributed by atoms with van der Waals surface area (Å²) in [6.07, 6.45) is 2.87. The van der Waals surface area contributed by atoms with E-state index in [0.717, 1.165) is 0 Å². The third-order valence-corrected chi connectivity index (χ3v) is 1.60. The Hall–Kier alpha value is -2.29. The van der Waals surface area contributed by atoms with E-state index in [0.29, 0.717) is 11.9 Å². The van der Waals surface area contributed by atoms with Crippen molar-refractivity contribution in [3.63, 3.8) is 0 Å². The summed E-state index contributed by atoms with van der Waals surface area (Å²) in [5, 5.41) is 6.68. The molecule has 78 valence electrons.